The molecule has 0 unspecified atom stereocenters. The van der Waals surface area contributed by atoms with E-state index in [0.29, 0.717) is 0 Å². The van der Waals surface area contributed by atoms with Crippen molar-refractivity contribution in [3.8, 4) is 0 Å². The van der Waals surface area contributed by atoms with Crippen LogP contribution in [0.2, 0.25) is 0 Å². The molecule has 1 aromatic heterocycles. The summed E-state index contributed by atoms with van der Waals surface area (Å²) in [6.07, 6.45) is 1.95. The number of nitrogens with one attached hydrogen (secondary N) is 1. The Balaban J connectivity index is 0.000000500. The zero-order valence-electron chi connectivity index (χ0n) is 5.67. The topological polar surface area (TPSA) is 15.8 Å². The second kappa shape index (κ2) is 3.19. The van der Waals surface area contributed by atoms with Crippen LogP contribution in [0.5, 0.6) is 0 Å². The molecule has 2 radical (unpaired) electrons. The molecule has 1 N–H and O–H groups in total. The van der Waals surface area contributed by atoms with E-state index in [1.54, 1.807) is 0 Å². The van der Waals surface area contributed by atoms with Gasteiger partial charge in [0.2, 0.25) is 0 Å². The van der Waals surface area contributed by atoms with Crippen molar-refractivity contribution >= 4 is 38.2 Å². The molecule has 2 heteroatoms. The third-order valence-corrected chi connectivity index (χ3v) is 1.46. The predicted molar refractivity (Wildman–Crippen MR) is 46.8 cm³/mol. The zero-order chi connectivity index (χ0) is 6.10. The quantitative estimate of drug-likeness (QED) is 0.702. The van der Waals surface area contributed by atoms with Gasteiger partial charge in [-0.3, -0.25) is 0 Å². The van der Waals surface area contributed by atoms with E-state index in [4.69, 9.17) is 0 Å². The van der Waals surface area contributed by atoms with E-state index in [-0.39, 0.29) is 27.3 Å². The maximum Gasteiger partial charge on any atom is 0.0453 e. The number of hydrogen-bond acceptors (Lipinski definition) is 0. The Bertz CT molecular complexity index is 283. The summed E-state index contributed by atoms with van der Waals surface area (Å²) in [5.41, 5.74) is 1.21. The van der Waals surface area contributed by atoms with Crippen molar-refractivity contribution in [3.05, 3.63) is 36.5 Å². The van der Waals surface area contributed by atoms with E-state index >= 15 is 0 Å². The van der Waals surface area contributed by atoms with Crippen LogP contribution in [0.3, 0.4) is 0 Å². The fourth-order valence-electron chi connectivity index (χ4n) is 0.995. The van der Waals surface area contributed by atoms with E-state index in [0.717, 1.165) is 0 Å². The normalized spacial score (nSPS) is 9.20. The molecule has 10 heavy (non-hydrogen) atoms. The molecule has 0 amide bonds. The molecule has 0 atom stereocenters. The molecule has 50 valence electrons. The molecule has 0 aliphatic rings. The standard InChI is InChI=1S/C8H7N.Pb.2H/c1-2-4-8-7(3-1)5-6-9-8;;;/h1-6,9H;;;. The van der Waals surface area contributed by atoms with Gasteiger partial charge in [0.1, 0.15) is 0 Å². The summed E-state index contributed by atoms with van der Waals surface area (Å²) >= 11 is 0. The summed E-state index contributed by atoms with van der Waals surface area (Å²) in [6, 6.07) is 10.3. The summed E-state index contributed by atoms with van der Waals surface area (Å²) in [7, 11) is 0. The molecule has 0 spiro atoms. The minimum atomic E-state index is 0. The Morgan fingerprint density at radius 3 is 2.60 bits per heavy atom. The largest absolute Gasteiger partial charge is 0.361 e. The average molecular weight is 326 g/mol. The number of rotatable bonds is 0. The first-order chi connectivity index (χ1) is 4.47. The van der Waals surface area contributed by atoms with Gasteiger partial charge in [-0.05, 0) is 17.5 Å². The Hall–Kier alpha value is -0.318. The summed E-state index contributed by atoms with van der Waals surface area (Å²) in [4.78, 5) is 3.12. The number of aromatic amines is 1. The fourth-order valence-corrected chi connectivity index (χ4v) is 0.995. The third-order valence-electron chi connectivity index (χ3n) is 1.46. The van der Waals surface area contributed by atoms with Crippen LogP contribution in [-0.2, 0) is 0 Å². The van der Waals surface area contributed by atoms with Crippen LogP contribution in [0.1, 0.15) is 0 Å². The molecule has 0 saturated heterocycles. The van der Waals surface area contributed by atoms with Gasteiger partial charge >= 0.3 is 27.3 Å². The van der Waals surface area contributed by atoms with Crippen LogP contribution in [0.15, 0.2) is 36.5 Å². The van der Waals surface area contributed by atoms with Crippen molar-refractivity contribution < 1.29 is 0 Å². The maximum atomic E-state index is 3.12. The number of para-hydroxylation sites is 1. The first-order valence-electron chi connectivity index (χ1n) is 2.99. The summed E-state index contributed by atoms with van der Waals surface area (Å²) in [5.74, 6) is 0. The molecule has 1 heterocycles. The first-order valence-corrected chi connectivity index (χ1v) is 2.99. The van der Waals surface area contributed by atoms with Crippen LogP contribution < -0.4 is 0 Å². The Morgan fingerprint density at radius 2 is 1.80 bits per heavy atom. The van der Waals surface area contributed by atoms with E-state index in [1.807, 2.05) is 18.3 Å². The molecule has 0 aliphatic carbocycles. The number of hydrogen-bond donors (Lipinski definition) is 1. The molecule has 0 saturated carbocycles. The monoisotopic (exact) mass is 327 g/mol. The van der Waals surface area contributed by atoms with Crippen molar-refractivity contribution in [3.63, 3.8) is 0 Å². The predicted octanol–water partition coefficient (Wildman–Crippen LogP) is 1.25. The summed E-state index contributed by atoms with van der Waals surface area (Å²) < 4.78 is 0. The van der Waals surface area contributed by atoms with Crippen molar-refractivity contribution in [2.24, 2.45) is 0 Å². The van der Waals surface area contributed by atoms with E-state index in [1.165, 1.54) is 10.9 Å². The van der Waals surface area contributed by atoms with Gasteiger partial charge in [0.05, 0.1) is 0 Å². The van der Waals surface area contributed by atoms with Gasteiger partial charge in [0.15, 0.2) is 0 Å². The summed E-state index contributed by atoms with van der Waals surface area (Å²) in [6.45, 7) is 0. The second-order valence-electron chi connectivity index (χ2n) is 2.06. The molecular formula is C8H9NPb. The average Bonchev–Trinajstić information content (AvgIpc) is 2.33. The van der Waals surface area contributed by atoms with Crippen LogP contribution in [0.25, 0.3) is 10.9 Å². The fraction of sp³-hybridized carbons (Fsp3) is 0. The Morgan fingerprint density at radius 1 is 1.00 bits per heavy atom. The van der Waals surface area contributed by atoms with E-state index in [2.05, 4.69) is 23.2 Å². The van der Waals surface area contributed by atoms with Crippen molar-refractivity contribution in [2.75, 3.05) is 0 Å². The smallest absolute Gasteiger partial charge is 0.0453 e. The van der Waals surface area contributed by atoms with Gasteiger partial charge in [0, 0.05) is 11.7 Å². The van der Waals surface area contributed by atoms with E-state index in [9.17, 15) is 0 Å². The molecule has 0 fully saturated rings. The zero-order valence-corrected chi connectivity index (χ0v) is 11.2. The number of H-pyrrole nitrogens is 1. The third kappa shape index (κ3) is 1.23. The van der Waals surface area contributed by atoms with Gasteiger partial charge in [0.25, 0.3) is 0 Å². The van der Waals surface area contributed by atoms with Crippen molar-refractivity contribution in [1.29, 1.82) is 0 Å². The molecule has 2 rings (SSSR count). The maximum absolute atomic E-state index is 3.12. The number of fused-ring (bicyclic) bond motifs is 1. The molecular weight excluding hydrogens is 317 g/mol. The SMILES string of the molecule is [PbH2].c1ccc2[nH]ccc2c1. The number of aromatic nitrogens is 1. The van der Waals surface area contributed by atoms with Gasteiger partial charge in [-0.15, -0.1) is 0 Å². The molecule has 2 aromatic rings. The van der Waals surface area contributed by atoms with Gasteiger partial charge < -0.3 is 4.98 Å². The molecule has 0 bridgehead atoms. The minimum Gasteiger partial charge on any atom is -0.361 e. The van der Waals surface area contributed by atoms with Crippen LogP contribution in [-0.4, -0.2) is 32.3 Å². The molecule has 1 aromatic carbocycles. The first kappa shape index (κ1) is 7.79. The number of benzene rings is 1. The minimum absolute atomic E-state index is 0. The van der Waals surface area contributed by atoms with Gasteiger partial charge in [-0.25, -0.2) is 0 Å². The second-order valence-corrected chi connectivity index (χ2v) is 2.06. The van der Waals surface area contributed by atoms with Crippen molar-refractivity contribution in [1.82, 2.24) is 4.98 Å². The van der Waals surface area contributed by atoms with Crippen LogP contribution in [0.4, 0.5) is 0 Å². The van der Waals surface area contributed by atoms with Crippen LogP contribution in [0, 0.1) is 0 Å². The van der Waals surface area contributed by atoms with Gasteiger partial charge in [-0.2, -0.15) is 0 Å². The Kier molecular flexibility index (Phi) is 2.48. The van der Waals surface area contributed by atoms with E-state index < -0.39 is 0 Å². The van der Waals surface area contributed by atoms with Gasteiger partial charge in [-0.1, -0.05) is 18.2 Å². The molecule has 0 aliphatic heterocycles. The van der Waals surface area contributed by atoms with Crippen molar-refractivity contribution in [2.45, 2.75) is 0 Å². The molecule has 1 nitrogen and oxygen atoms in total. The Labute approximate surface area is 79.6 Å². The summed E-state index contributed by atoms with van der Waals surface area (Å²) in [5, 5.41) is 1.28. The van der Waals surface area contributed by atoms with Crippen LogP contribution >= 0.6 is 0 Å².